The predicted molar refractivity (Wildman–Crippen MR) is 52.1 cm³/mol. The summed E-state index contributed by atoms with van der Waals surface area (Å²) in [5.41, 5.74) is -1.77. The lowest BCUT2D eigenvalue weighted by molar-refractivity contribution is -0.249. The van der Waals surface area contributed by atoms with Crippen LogP contribution in [0.3, 0.4) is 0 Å². The molecule has 1 rings (SSSR count). The van der Waals surface area contributed by atoms with Crippen LogP contribution in [0, 0.1) is 5.41 Å². The molecule has 0 unspecified atom stereocenters. The van der Waals surface area contributed by atoms with Gasteiger partial charge >= 0.3 is 12.1 Å². The van der Waals surface area contributed by atoms with E-state index in [1.54, 1.807) is 17.5 Å². The van der Waals surface area contributed by atoms with Crippen LogP contribution < -0.4 is 0 Å². The Morgan fingerprint density at radius 2 is 1.88 bits per heavy atom. The zero-order valence-electron chi connectivity index (χ0n) is 7.68. The number of halogens is 5. The third kappa shape index (κ3) is 2.66. The van der Waals surface area contributed by atoms with Crippen molar-refractivity contribution in [2.75, 3.05) is 0 Å². The number of allylic oxidation sites excluding steroid dienone is 1. The summed E-state index contributed by atoms with van der Waals surface area (Å²) in [6.45, 7) is 0. The first-order chi connectivity index (χ1) is 7.25. The molecular formula is C9H6F5NS. The van der Waals surface area contributed by atoms with Crippen LogP contribution >= 0.6 is 11.3 Å². The summed E-state index contributed by atoms with van der Waals surface area (Å²) in [5, 5.41) is 8.34. The number of thiophene rings is 1. The van der Waals surface area contributed by atoms with Crippen LogP contribution in [-0.2, 0) is 0 Å². The van der Waals surface area contributed by atoms with Crippen LogP contribution in [0.15, 0.2) is 23.6 Å². The molecule has 0 aliphatic heterocycles. The van der Waals surface area contributed by atoms with Crippen LogP contribution in [0.1, 0.15) is 4.88 Å². The fourth-order valence-corrected chi connectivity index (χ4v) is 1.43. The molecule has 0 radical (unpaired) electrons. The van der Waals surface area contributed by atoms with Crippen molar-refractivity contribution in [3.63, 3.8) is 0 Å². The van der Waals surface area contributed by atoms with E-state index in [9.17, 15) is 22.0 Å². The maximum Gasteiger partial charge on any atom is 0.459 e. The molecule has 88 valence electrons. The molecule has 1 N–H and O–H groups in total. The van der Waals surface area contributed by atoms with Gasteiger partial charge in [0.2, 0.25) is 0 Å². The van der Waals surface area contributed by atoms with Gasteiger partial charge in [0.05, 0.1) is 0 Å². The first-order valence-corrected chi connectivity index (χ1v) is 4.88. The number of hydrogen-bond acceptors (Lipinski definition) is 2. The van der Waals surface area contributed by atoms with Crippen molar-refractivity contribution in [1.29, 1.82) is 5.41 Å². The molecule has 0 atom stereocenters. The van der Waals surface area contributed by atoms with Gasteiger partial charge in [-0.3, -0.25) is 5.41 Å². The molecule has 0 aliphatic rings. The van der Waals surface area contributed by atoms with Gasteiger partial charge < -0.3 is 0 Å². The fraction of sp³-hybridized carbons (Fsp3) is 0.222. The average Bonchev–Trinajstić information content (AvgIpc) is 2.64. The lowest BCUT2D eigenvalue weighted by Crippen LogP contribution is -2.42. The summed E-state index contributed by atoms with van der Waals surface area (Å²) in [5.74, 6) is -5.11. The Morgan fingerprint density at radius 1 is 1.25 bits per heavy atom. The van der Waals surface area contributed by atoms with Crippen LogP contribution in [0.2, 0.25) is 0 Å². The van der Waals surface area contributed by atoms with E-state index in [-0.39, 0.29) is 0 Å². The van der Waals surface area contributed by atoms with Crippen molar-refractivity contribution in [2.24, 2.45) is 0 Å². The summed E-state index contributed by atoms with van der Waals surface area (Å²) in [7, 11) is 0. The van der Waals surface area contributed by atoms with E-state index < -0.39 is 17.8 Å². The smallest absolute Gasteiger partial charge is 0.299 e. The van der Waals surface area contributed by atoms with E-state index in [0.29, 0.717) is 11.0 Å². The number of rotatable bonds is 3. The molecule has 0 saturated carbocycles. The highest BCUT2D eigenvalue weighted by molar-refractivity contribution is 7.10. The highest BCUT2D eigenvalue weighted by atomic mass is 32.1. The van der Waals surface area contributed by atoms with Gasteiger partial charge in [-0.05, 0) is 23.6 Å². The van der Waals surface area contributed by atoms with Crippen LogP contribution in [0.25, 0.3) is 6.08 Å². The van der Waals surface area contributed by atoms with E-state index in [0.717, 1.165) is 6.08 Å². The van der Waals surface area contributed by atoms with Gasteiger partial charge in [0.25, 0.3) is 0 Å². The molecule has 0 spiro atoms. The van der Waals surface area contributed by atoms with E-state index >= 15 is 0 Å². The fourth-order valence-electron chi connectivity index (χ4n) is 0.809. The first kappa shape index (κ1) is 12.8. The highest BCUT2D eigenvalue weighted by Gasteiger charge is 2.59. The third-order valence-corrected chi connectivity index (χ3v) is 2.49. The van der Waals surface area contributed by atoms with E-state index in [1.807, 2.05) is 0 Å². The molecular weight excluding hydrogens is 249 g/mol. The van der Waals surface area contributed by atoms with Gasteiger partial charge in [-0.25, -0.2) is 0 Å². The molecule has 1 heterocycles. The van der Waals surface area contributed by atoms with Crippen molar-refractivity contribution in [2.45, 2.75) is 12.1 Å². The van der Waals surface area contributed by atoms with Gasteiger partial charge in [0, 0.05) is 4.88 Å². The Hall–Kier alpha value is -1.24. The SMILES string of the molecule is N=C(/C=C/c1cccs1)C(F)(F)C(F)(F)F. The van der Waals surface area contributed by atoms with E-state index in [1.165, 1.54) is 11.3 Å². The van der Waals surface area contributed by atoms with Gasteiger partial charge in [0.1, 0.15) is 5.71 Å². The zero-order chi connectivity index (χ0) is 12.4. The summed E-state index contributed by atoms with van der Waals surface area (Å²) >= 11 is 1.17. The summed E-state index contributed by atoms with van der Waals surface area (Å²) in [6, 6.07) is 3.16. The molecule has 7 heteroatoms. The normalized spacial score (nSPS) is 13.3. The molecule has 0 bridgehead atoms. The Labute approximate surface area is 91.7 Å². The second kappa shape index (κ2) is 4.32. The largest absolute Gasteiger partial charge is 0.459 e. The molecule has 0 saturated heterocycles. The Morgan fingerprint density at radius 3 is 2.31 bits per heavy atom. The maximum atomic E-state index is 12.6. The molecule has 0 fully saturated rings. The first-order valence-electron chi connectivity index (χ1n) is 4.00. The Kier molecular flexibility index (Phi) is 3.47. The van der Waals surface area contributed by atoms with Crippen LogP contribution in [-0.4, -0.2) is 17.8 Å². The van der Waals surface area contributed by atoms with Crippen molar-refractivity contribution >= 4 is 23.1 Å². The van der Waals surface area contributed by atoms with Gasteiger partial charge in [0.15, 0.2) is 0 Å². The Balaban J connectivity index is 2.80. The van der Waals surface area contributed by atoms with Crippen molar-refractivity contribution in [1.82, 2.24) is 0 Å². The number of nitrogens with one attached hydrogen (secondary N) is 1. The minimum absolute atomic E-state index is 0.458. The molecule has 1 aromatic heterocycles. The number of alkyl halides is 5. The summed E-state index contributed by atoms with van der Waals surface area (Å²) in [4.78, 5) is 0.503. The lowest BCUT2D eigenvalue weighted by atomic mass is 10.2. The summed E-state index contributed by atoms with van der Waals surface area (Å²) < 4.78 is 60.6. The quantitative estimate of drug-likeness (QED) is 0.624. The Bertz CT molecular complexity index is 391. The highest BCUT2D eigenvalue weighted by Crippen LogP contribution is 2.36. The van der Waals surface area contributed by atoms with Crippen LogP contribution in [0.4, 0.5) is 22.0 Å². The van der Waals surface area contributed by atoms with Crippen molar-refractivity contribution < 1.29 is 22.0 Å². The van der Waals surface area contributed by atoms with E-state index in [4.69, 9.17) is 5.41 Å². The van der Waals surface area contributed by atoms with Crippen molar-refractivity contribution in [3.8, 4) is 0 Å². The molecule has 1 aromatic rings. The second-order valence-electron chi connectivity index (χ2n) is 2.83. The second-order valence-corrected chi connectivity index (χ2v) is 3.81. The number of hydrogen-bond donors (Lipinski definition) is 1. The van der Waals surface area contributed by atoms with Crippen LogP contribution in [0.5, 0.6) is 0 Å². The predicted octanol–water partition coefficient (Wildman–Crippen LogP) is 3.98. The summed E-state index contributed by atoms with van der Waals surface area (Å²) in [6.07, 6.45) is -4.23. The van der Waals surface area contributed by atoms with Crippen molar-refractivity contribution in [3.05, 3.63) is 28.5 Å². The standard InChI is InChI=1S/C9H6F5NS/c10-8(11,9(12,13)14)7(15)4-3-6-2-1-5-16-6/h1-5,15H/b4-3+,15-7?. The lowest BCUT2D eigenvalue weighted by Gasteiger charge is -2.18. The minimum Gasteiger partial charge on any atom is -0.299 e. The van der Waals surface area contributed by atoms with E-state index in [2.05, 4.69) is 0 Å². The minimum atomic E-state index is -5.73. The van der Waals surface area contributed by atoms with Gasteiger partial charge in [-0.1, -0.05) is 6.07 Å². The zero-order valence-corrected chi connectivity index (χ0v) is 8.50. The molecule has 16 heavy (non-hydrogen) atoms. The molecule has 0 aromatic carbocycles. The molecule has 0 amide bonds. The average molecular weight is 255 g/mol. The third-order valence-electron chi connectivity index (χ3n) is 1.65. The topological polar surface area (TPSA) is 23.9 Å². The monoisotopic (exact) mass is 255 g/mol. The molecule has 0 aliphatic carbocycles. The maximum absolute atomic E-state index is 12.6. The van der Waals surface area contributed by atoms with Gasteiger partial charge in [-0.15, -0.1) is 11.3 Å². The molecule has 1 nitrogen and oxygen atoms in total. The van der Waals surface area contributed by atoms with Gasteiger partial charge in [-0.2, -0.15) is 22.0 Å².